The Balaban J connectivity index is 2.37. The minimum atomic E-state index is -1.12. The Morgan fingerprint density at radius 3 is 2.52 bits per heavy atom. The van der Waals surface area contributed by atoms with E-state index in [-0.39, 0.29) is 35.0 Å². The second-order valence-corrected chi connectivity index (χ2v) is 11.4. The molecule has 1 aliphatic heterocycles. The summed E-state index contributed by atoms with van der Waals surface area (Å²) < 4.78 is 18.5. The maximum absolute atomic E-state index is 13.5. The van der Waals surface area contributed by atoms with Crippen LogP contribution in [-0.4, -0.2) is 62.3 Å². The maximum Gasteiger partial charge on any atom is 0.253 e. The van der Waals surface area contributed by atoms with Gasteiger partial charge in [-0.3, -0.25) is 9.00 Å². The highest BCUT2D eigenvalue weighted by Gasteiger charge is 2.41. The number of halogens is 1. The predicted molar refractivity (Wildman–Crippen MR) is 126 cm³/mol. The molecular weight excluding hydrogens is 438 g/mol. The van der Waals surface area contributed by atoms with Crippen molar-refractivity contribution in [2.75, 3.05) is 19.4 Å². The van der Waals surface area contributed by atoms with E-state index in [0.29, 0.717) is 23.8 Å². The molecule has 31 heavy (non-hydrogen) atoms. The first-order valence-electron chi connectivity index (χ1n) is 10.3. The SMILES string of the molecule is CCC(CS(=O)C(C)(C)C)N1C(=O)C(C/C(N)=N/N(C)N)OCC1c1ccc(Cl)cc1. The van der Waals surface area contributed by atoms with Crippen LogP contribution < -0.4 is 11.6 Å². The molecule has 0 saturated carbocycles. The van der Waals surface area contributed by atoms with Gasteiger partial charge in [0.2, 0.25) is 0 Å². The van der Waals surface area contributed by atoms with Crippen LogP contribution in [0.3, 0.4) is 0 Å². The number of rotatable bonds is 8. The van der Waals surface area contributed by atoms with Crippen molar-refractivity contribution in [2.24, 2.45) is 16.7 Å². The van der Waals surface area contributed by atoms with Crippen molar-refractivity contribution in [2.45, 2.75) is 63.5 Å². The van der Waals surface area contributed by atoms with Crippen LogP contribution >= 0.6 is 11.6 Å². The van der Waals surface area contributed by atoms with Gasteiger partial charge in [0.15, 0.2) is 0 Å². The van der Waals surface area contributed by atoms with E-state index in [1.165, 1.54) is 0 Å². The van der Waals surface area contributed by atoms with E-state index >= 15 is 0 Å². The molecule has 1 aromatic rings. The molecule has 1 saturated heterocycles. The smallest absolute Gasteiger partial charge is 0.253 e. The van der Waals surface area contributed by atoms with Crippen molar-refractivity contribution in [3.63, 3.8) is 0 Å². The predicted octanol–water partition coefficient (Wildman–Crippen LogP) is 2.40. The summed E-state index contributed by atoms with van der Waals surface area (Å²) in [5.41, 5.74) is 6.85. The number of hydrazine groups is 1. The molecule has 0 bridgehead atoms. The zero-order valence-electron chi connectivity index (χ0n) is 18.9. The molecule has 1 fully saturated rings. The summed E-state index contributed by atoms with van der Waals surface area (Å²) in [4.78, 5) is 15.4. The molecule has 1 aromatic carbocycles. The number of hydrogen-bond acceptors (Lipinski definition) is 6. The number of nitrogens with two attached hydrogens (primary N) is 2. The summed E-state index contributed by atoms with van der Waals surface area (Å²) in [7, 11) is 0.434. The van der Waals surface area contributed by atoms with E-state index < -0.39 is 16.9 Å². The van der Waals surface area contributed by atoms with Gasteiger partial charge in [-0.1, -0.05) is 30.7 Å². The van der Waals surface area contributed by atoms with Crippen LogP contribution in [0.2, 0.25) is 5.02 Å². The third-order valence-electron chi connectivity index (χ3n) is 5.15. The Kier molecular flexibility index (Phi) is 8.88. The Bertz CT molecular complexity index is 810. The van der Waals surface area contributed by atoms with Gasteiger partial charge >= 0.3 is 0 Å². The maximum atomic E-state index is 13.5. The number of hydrogen-bond donors (Lipinski definition) is 2. The Hall–Kier alpha value is -1.68. The van der Waals surface area contributed by atoms with Gasteiger partial charge in [0.05, 0.1) is 12.6 Å². The molecule has 10 heteroatoms. The summed E-state index contributed by atoms with van der Waals surface area (Å²) in [6, 6.07) is 6.85. The van der Waals surface area contributed by atoms with E-state index in [2.05, 4.69) is 5.10 Å². The fourth-order valence-corrected chi connectivity index (χ4v) is 4.83. The van der Waals surface area contributed by atoms with E-state index in [4.69, 9.17) is 27.9 Å². The number of carbonyl (C=O) groups is 1. The van der Waals surface area contributed by atoms with Crippen molar-refractivity contribution >= 4 is 34.1 Å². The largest absolute Gasteiger partial charge is 0.386 e. The standard InChI is InChI=1S/C21H34ClN5O3S/c1-6-16(13-31(29)21(2,3)4)27-17(14-7-9-15(22)10-8-14)12-30-18(20(27)28)11-19(23)25-26(5)24/h7-10,16-18H,6,11-13,24H2,1-5H3,(H2,23,25). The number of carbonyl (C=O) groups excluding carboxylic acids is 1. The van der Waals surface area contributed by atoms with Crippen molar-refractivity contribution < 1.29 is 13.7 Å². The highest BCUT2D eigenvalue weighted by Crippen LogP contribution is 2.32. The summed E-state index contributed by atoms with van der Waals surface area (Å²) in [5.74, 6) is 5.92. The Labute approximate surface area is 192 Å². The molecule has 174 valence electrons. The molecule has 1 heterocycles. The minimum absolute atomic E-state index is 0.128. The summed E-state index contributed by atoms with van der Waals surface area (Å²) >= 11 is 6.05. The molecule has 1 aliphatic rings. The third kappa shape index (κ3) is 6.90. The molecule has 4 unspecified atom stereocenters. The monoisotopic (exact) mass is 471 g/mol. The molecule has 0 spiro atoms. The average Bonchev–Trinajstić information content (AvgIpc) is 2.67. The first kappa shape index (κ1) is 25.6. The third-order valence-corrected chi connectivity index (χ3v) is 7.45. The van der Waals surface area contributed by atoms with Crippen molar-refractivity contribution in [1.29, 1.82) is 0 Å². The second kappa shape index (κ2) is 10.8. The normalized spacial score (nSPS) is 22.4. The number of benzene rings is 1. The van der Waals surface area contributed by atoms with Crippen LogP contribution in [0.4, 0.5) is 0 Å². The summed E-state index contributed by atoms with van der Waals surface area (Å²) in [6.07, 6.45) is 0.0204. The molecule has 4 atom stereocenters. The second-order valence-electron chi connectivity index (χ2n) is 8.69. The quantitative estimate of drug-likeness (QED) is 0.260. The summed E-state index contributed by atoms with van der Waals surface area (Å²) in [5, 5.41) is 5.67. The van der Waals surface area contributed by atoms with Crippen molar-refractivity contribution in [1.82, 2.24) is 10.0 Å². The van der Waals surface area contributed by atoms with Crippen LogP contribution in [0.25, 0.3) is 0 Å². The number of morpholine rings is 1. The van der Waals surface area contributed by atoms with Gasteiger partial charge in [-0.15, -0.1) is 5.10 Å². The van der Waals surface area contributed by atoms with E-state index in [1.807, 2.05) is 44.7 Å². The van der Waals surface area contributed by atoms with Gasteiger partial charge in [0.25, 0.3) is 5.91 Å². The summed E-state index contributed by atoms with van der Waals surface area (Å²) in [6.45, 7) is 8.12. The van der Waals surface area contributed by atoms with Gasteiger partial charge < -0.3 is 15.4 Å². The van der Waals surface area contributed by atoms with Crippen LogP contribution in [0.1, 0.15) is 52.1 Å². The lowest BCUT2D eigenvalue weighted by molar-refractivity contribution is -0.162. The highest BCUT2D eigenvalue weighted by molar-refractivity contribution is 7.86. The van der Waals surface area contributed by atoms with Gasteiger partial charge in [-0.05, 0) is 44.9 Å². The van der Waals surface area contributed by atoms with Gasteiger partial charge in [0, 0.05) is 45.8 Å². The molecule has 0 aromatic heterocycles. The number of amides is 1. The van der Waals surface area contributed by atoms with E-state index in [0.717, 1.165) is 10.7 Å². The number of hydrazone groups is 1. The van der Waals surface area contributed by atoms with Gasteiger partial charge in [-0.2, -0.15) is 0 Å². The molecule has 8 nitrogen and oxygen atoms in total. The lowest BCUT2D eigenvalue weighted by Crippen LogP contribution is -2.56. The average molecular weight is 472 g/mol. The zero-order valence-corrected chi connectivity index (χ0v) is 20.4. The van der Waals surface area contributed by atoms with Crippen molar-refractivity contribution in [3.05, 3.63) is 34.9 Å². The first-order chi connectivity index (χ1) is 14.4. The van der Waals surface area contributed by atoms with Crippen LogP contribution in [0.15, 0.2) is 29.4 Å². The Morgan fingerprint density at radius 1 is 1.39 bits per heavy atom. The minimum Gasteiger partial charge on any atom is -0.386 e. The Morgan fingerprint density at radius 2 is 2.00 bits per heavy atom. The number of amidine groups is 1. The lowest BCUT2D eigenvalue weighted by Gasteiger charge is -2.44. The van der Waals surface area contributed by atoms with Crippen LogP contribution in [-0.2, 0) is 20.3 Å². The fraction of sp³-hybridized carbons (Fsp3) is 0.619. The fourth-order valence-electron chi connectivity index (χ4n) is 3.45. The number of nitrogens with zero attached hydrogens (tertiary/aromatic N) is 3. The van der Waals surface area contributed by atoms with Crippen LogP contribution in [0.5, 0.6) is 0 Å². The highest BCUT2D eigenvalue weighted by atomic mass is 35.5. The van der Waals surface area contributed by atoms with Gasteiger partial charge in [-0.25, -0.2) is 11.0 Å². The molecule has 0 aliphatic carbocycles. The van der Waals surface area contributed by atoms with Crippen molar-refractivity contribution in [3.8, 4) is 0 Å². The molecule has 0 radical (unpaired) electrons. The van der Waals surface area contributed by atoms with E-state index in [1.54, 1.807) is 19.2 Å². The van der Waals surface area contributed by atoms with E-state index in [9.17, 15) is 9.00 Å². The topological polar surface area (TPSA) is 114 Å². The molecule has 4 N–H and O–H groups in total. The lowest BCUT2D eigenvalue weighted by atomic mass is 9.99. The van der Waals surface area contributed by atoms with Crippen LogP contribution in [0, 0.1) is 0 Å². The molecule has 1 amide bonds. The molecular formula is C21H34ClN5O3S. The zero-order chi connectivity index (χ0) is 23.3. The molecule has 2 rings (SSSR count). The number of ether oxygens (including phenoxy) is 1. The van der Waals surface area contributed by atoms with Gasteiger partial charge in [0.1, 0.15) is 11.9 Å². The first-order valence-corrected chi connectivity index (χ1v) is 12.0.